The highest BCUT2D eigenvalue weighted by Crippen LogP contribution is 2.27. The van der Waals surface area contributed by atoms with Gasteiger partial charge in [-0.3, -0.25) is 9.79 Å². The summed E-state index contributed by atoms with van der Waals surface area (Å²) in [5.41, 5.74) is 2.73. The number of nitrogens with zero attached hydrogens (tertiary/aromatic N) is 2. The second-order valence-corrected chi connectivity index (χ2v) is 8.41. The van der Waals surface area contributed by atoms with Crippen LogP contribution < -0.4 is 0 Å². The first-order chi connectivity index (χ1) is 12.1. The molecule has 6 heteroatoms. The number of hydrogen-bond acceptors (Lipinski definition) is 4. The SMILES string of the molecule is CN(Cc1ccccc1Cl)C(=O)c1ccccc1CSC1=NCCS1. The summed E-state index contributed by atoms with van der Waals surface area (Å²) in [7, 11) is 1.81. The van der Waals surface area contributed by atoms with Crippen LogP contribution in [0.4, 0.5) is 0 Å². The lowest BCUT2D eigenvalue weighted by Crippen LogP contribution is -2.27. The Morgan fingerprint density at radius 1 is 1.20 bits per heavy atom. The van der Waals surface area contributed by atoms with Gasteiger partial charge in [0.15, 0.2) is 0 Å². The number of amides is 1. The third kappa shape index (κ3) is 4.81. The minimum atomic E-state index is 0.0112. The molecular formula is C19H19ClN2OS2. The van der Waals surface area contributed by atoms with E-state index in [9.17, 15) is 4.79 Å². The van der Waals surface area contributed by atoms with Crippen molar-refractivity contribution in [2.24, 2.45) is 4.99 Å². The van der Waals surface area contributed by atoms with Crippen molar-refractivity contribution in [1.82, 2.24) is 4.90 Å². The van der Waals surface area contributed by atoms with Crippen molar-refractivity contribution in [3.05, 3.63) is 70.2 Å². The Kier molecular flexibility index (Phi) is 6.45. The molecule has 2 aromatic rings. The van der Waals surface area contributed by atoms with E-state index >= 15 is 0 Å². The van der Waals surface area contributed by atoms with Gasteiger partial charge >= 0.3 is 0 Å². The van der Waals surface area contributed by atoms with Crippen LogP contribution in [0.5, 0.6) is 0 Å². The molecule has 0 fully saturated rings. The molecule has 3 rings (SSSR count). The highest BCUT2D eigenvalue weighted by molar-refractivity contribution is 8.38. The largest absolute Gasteiger partial charge is 0.337 e. The lowest BCUT2D eigenvalue weighted by molar-refractivity contribution is 0.0784. The fraction of sp³-hybridized carbons (Fsp3) is 0.263. The van der Waals surface area contributed by atoms with Gasteiger partial charge in [-0.1, -0.05) is 71.5 Å². The van der Waals surface area contributed by atoms with Crippen molar-refractivity contribution in [3.63, 3.8) is 0 Å². The minimum Gasteiger partial charge on any atom is -0.337 e. The fourth-order valence-corrected chi connectivity index (χ4v) is 4.77. The summed E-state index contributed by atoms with van der Waals surface area (Å²) in [5, 5.41) is 0.683. The smallest absolute Gasteiger partial charge is 0.254 e. The number of thioether (sulfide) groups is 2. The van der Waals surface area contributed by atoms with Gasteiger partial charge in [0.2, 0.25) is 0 Å². The van der Waals surface area contributed by atoms with E-state index in [1.54, 1.807) is 28.4 Å². The van der Waals surface area contributed by atoms with Gasteiger partial charge in [-0.05, 0) is 23.3 Å². The lowest BCUT2D eigenvalue weighted by atomic mass is 10.1. The van der Waals surface area contributed by atoms with Gasteiger partial charge in [-0.25, -0.2) is 0 Å². The number of aliphatic imine (C=N–C) groups is 1. The molecule has 130 valence electrons. The highest BCUT2D eigenvalue weighted by atomic mass is 35.5. The van der Waals surface area contributed by atoms with Crippen LogP contribution in [-0.4, -0.2) is 34.5 Å². The summed E-state index contributed by atoms with van der Waals surface area (Å²) in [6.07, 6.45) is 0. The Hall–Kier alpha value is -1.43. The molecule has 3 nitrogen and oxygen atoms in total. The van der Waals surface area contributed by atoms with E-state index in [-0.39, 0.29) is 5.91 Å². The molecule has 0 radical (unpaired) electrons. The Morgan fingerprint density at radius 3 is 2.64 bits per heavy atom. The lowest BCUT2D eigenvalue weighted by Gasteiger charge is -2.19. The van der Waals surface area contributed by atoms with Crippen LogP contribution in [0.2, 0.25) is 5.02 Å². The molecule has 0 saturated heterocycles. The summed E-state index contributed by atoms with van der Waals surface area (Å²) in [6.45, 7) is 1.39. The number of rotatable bonds is 5. The van der Waals surface area contributed by atoms with Crippen molar-refractivity contribution >= 4 is 45.4 Å². The maximum absolute atomic E-state index is 12.9. The minimum absolute atomic E-state index is 0.0112. The molecule has 1 aliphatic rings. The quantitative estimate of drug-likeness (QED) is 0.724. The van der Waals surface area contributed by atoms with Gasteiger partial charge in [0.05, 0.1) is 6.54 Å². The maximum atomic E-state index is 12.9. The molecule has 25 heavy (non-hydrogen) atoms. The van der Waals surface area contributed by atoms with Crippen molar-refractivity contribution in [2.45, 2.75) is 12.3 Å². The van der Waals surface area contributed by atoms with Crippen LogP contribution in [-0.2, 0) is 12.3 Å². The summed E-state index contributed by atoms with van der Waals surface area (Å²) in [5.74, 6) is 1.83. The zero-order valence-electron chi connectivity index (χ0n) is 13.9. The van der Waals surface area contributed by atoms with E-state index in [1.807, 2.05) is 55.6 Å². The summed E-state index contributed by atoms with van der Waals surface area (Å²) >= 11 is 9.71. The molecule has 0 bridgehead atoms. The Bertz CT molecular complexity index is 794. The number of halogens is 1. The molecular weight excluding hydrogens is 372 g/mol. The second kappa shape index (κ2) is 8.79. The van der Waals surface area contributed by atoms with E-state index in [0.717, 1.165) is 39.1 Å². The number of carbonyl (C=O) groups excluding carboxylic acids is 1. The molecule has 0 atom stereocenters. The Labute approximate surface area is 161 Å². The molecule has 0 unspecified atom stereocenters. The molecule has 0 saturated carbocycles. The van der Waals surface area contributed by atoms with Gasteiger partial charge in [0.1, 0.15) is 4.38 Å². The van der Waals surface area contributed by atoms with Crippen LogP contribution in [0, 0.1) is 0 Å². The average Bonchev–Trinajstić information content (AvgIpc) is 3.15. The predicted octanol–water partition coefficient (Wildman–Crippen LogP) is 4.95. The summed E-state index contributed by atoms with van der Waals surface area (Å²) in [4.78, 5) is 19.1. The van der Waals surface area contributed by atoms with Gasteiger partial charge in [-0.2, -0.15) is 0 Å². The molecule has 1 heterocycles. The van der Waals surface area contributed by atoms with Crippen LogP contribution in [0.15, 0.2) is 53.5 Å². The van der Waals surface area contributed by atoms with Crippen molar-refractivity contribution < 1.29 is 4.79 Å². The zero-order valence-corrected chi connectivity index (χ0v) is 16.3. The number of hydrogen-bond donors (Lipinski definition) is 0. The van der Waals surface area contributed by atoms with Crippen LogP contribution in [0.25, 0.3) is 0 Å². The first kappa shape index (κ1) is 18.4. The van der Waals surface area contributed by atoms with Crippen LogP contribution in [0.3, 0.4) is 0 Å². The van der Waals surface area contributed by atoms with E-state index in [0.29, 0.717) is 11.6 Å². The Morgan fingerprint density at radius 2 is 1.92 bits per heavy atom. The van der Waals surface area contributed by atoms with E-state index in [1.165, 1.54) is 0 Å². The third-order valence-corrected chi connectivity index (χ3v) is 6.54. The first-order valence-electron chi connectivity index (χ1n) is 8.02. The topological polar surface area (TPSA) is 32.7 Å². The molecule has 1 aliphatic heterocycles. The van der Waals surface area contributed by atoms with Crippen molar-refractivity contribution in [2.75, 3.05) is 19.3 Å². The number of benzene rings is 2. The molecule has 0 aromatic heterocycles. The molecule has 0 N–H and O–H groups in total. The predicted molar refractivity (Wildman–Crippen MR) is 110 cm³/mol. The van der Waals surface area contributed by atoms with Gasteiger partial charge in [0, 0.05) is 35.7 Å². The molecule has 0 spiro atoms. The van der Waals surface area contributed by atoms with Gasteiger partial charge in [-0.15, -0.1) is 0 Å². The molecule has 1 amide bonds. The van der Waals surface area contributed by atoms with E-state index in [4.69, 9.17) is 11.6 Å². The monoisotopic (exact) mass is 390 g/mol. The second-order valence-electron chi connectivity index (χ2n) is 5.69. The first-order valence-corrected chi connectivity index (χ1v) is 10.4. The van der Waals surface area contributed by atoms with Crippen LogP contribution in [0.1, 0.15) is 21.5 Å². The van der Waals surface area contributed by atoms with Crippen molar-refractivity contribution in [1.29, 1.82) is 0 Å². The van der Waals surface area contributed by atoms with E-state index in [2.05, 4.69) is 4.99 Å². The van der Waals surface area contributed by atoms with Gasteiger partial charge < -0.3 is 4.90 Å². The summed E-state index contributed by atoms with van der Waals surface area (Å²) in [6, 6.07) is 15.4. The summed E-state index contributed by atoms with van der Waals surface area (Å²) < 4.78 is 1.12. The molecule has 2 aromatic carbocycles. The normalized spacial score (nSPS) is 13.6. The molecule has 0 aliphatic carbocycles. The van der Waals surface area contributed by atoms with Gasteiger partial charge in [0.25, 0.3) is 5.91 Å². The highest BCUT2D eigenvalue weighted by Gasteiger charge is 2.17. The van der Waals surface area contributed by atoms with Crippen molar-refractivity contribution in [3.8, 4) is 0 Å². The fourth-order valence-electron chi connectivity index (χ4n) is 2.56. The number of carbonyl (C=O) groups is 1. The third-order valence-electron chi connectivity index (χ3n) is 3.87. The zero-order chi connectivity index (χ0) is 17.6. The standard InChI is InChI=1S/C19H19ClN2OS2/c1-22(12-14-6-3-5-9-17(14)20)18(23)16-8-4-2-7-15(16)13-25-19-21-10-11-24-19/h2-9H,10-13H2,1H3. The Balaban J connectivity index is 1.71. The maximum Gasteiger partial charge on any atom is 0.254 e. The van der Waals surface area contributed by atoms with E-state index < -0.39 is 0 Å². The van der Waals surface area contributed by atoms with Crippen LogP contribution >= 0.6 is 35.1 Å². The average molecular weight is 391 g/mol.